The molecule has 1 N–H and O–H groups in total. The van der Waals surface area contributed by atoms with Crippen molar-refractivity contribution in [1.82, 2.24) is 15.0 Å². The molecular weight excluding hydrogens is 488 g/mol. The summed E-state index contributed by atoms with van der Waals surface area (Å²) in [7, 11) is 2.48. The summed E-state index contributed by atoms with van der Waals surface area (Å²) in [5.74, 6) is -0.656. The quantitative estimate of drug-likeness (QED) is 0.470. The van der Waals surface area contributed by atoms with Gasteiger partial charge in [-0.15, -0.1) is 0 Å². The van der Waals surface area contributed by atoms with Crippen molar-refractivity contribution >= 4 is 35.1 Å². The lowest BCUT2D eigenvalue weighted by molar-refractivity contribution is -0.121. The fourth-order valence-corrected chi connectivity index (χ4v) is 4.12. The maximum absolute atomic E-state index is 12.9. The number of piperidine rings is 1. The van der Waals surface area contributed by atoms with Gasteiger partial charge in [-0.3, -0.25) is 9.69 Å². The Morgan fingerprint density at radius 1 is 1.03 bits per heavy atom. The van der Waals surface area contributed by atoms with Crippen LogP contribution in [-0.4, -0.2) is 60.2 Å². The number of ether oxygens (including phenoxy) is 2. The molecule has 2 heterocycles. The number of carbonyl (C=O) groups excluding carboxylic acids is 3. The third-order valence-corrected chi connectivity index (χ3v) is 6.18. The molecule has 1 amide bonds. The predicted molar refractivity (Wildman–Crippen MR) is 130 cm³/mol. The standard InChI is InChI=1S/C25H25ClN4O6/c1-34-24(32)17-11-18(25(33)35-2)13-20(12-17)27-23(31)16-7-9-30(10-8-16)14-21-28-22(29-36-21)15-3-5-19(26)6-4-15/h3-6,11-13,16H,7-10,14H2,1-2H3,(H,27,31). The molecule has 10 nitrogen and oxygen atoms in total. The Labute approximate surface area is 212 Å². The van der Waals surface area contributed by atoms with Crippen molar-refractivity contribution in [3.8, 4) is 11.4 Å². The van der Waals surface area contributed by atoms with Crippen LogP contribution in [0.5, 0.6) is 0 Å². The normalized spacial score (nSPS) is 14.3. The van der Waals surface area contributed by atoms with E-state index < -0.39 is 11.9 Å². The van der Waals surface area contributed by atoms with Crippen molar-refractivity contribution in [2.45, 2.75) is 19.4 Å². The molecule has 0 saturated carbocycles. The van der Waals surface area contributed by atoms with E-state index in [1.54, 1.807) is 12.1 Å². The molecule has 36 heavy (non-hydrogen) atoms. The second-order valence-corrected chi connectivity index (χ2v) is 8.78. The van der Waals surface area contributed by atoms with Crippen LogP contribution in [0.1, 0.15) is 39.4 Å². The summed E-state index contributed by atoms with van der Waals surface area (Å²) in [6.07, 6.45) is 1.26. The number of nitrogens with one attached hydrogen (secondary N) is 1. The van der Waals surface area contributed by atoms with Crippen LogP contribution in [0.15, 0.2) is 47.0 Å². The lowest BCUT2D eigenvalue weighted by atomic mass is 9.95. The average molecular weight is 513 g/mol. The number of nitrogens with zero attached hydrogens (tertiary/aromatic N) is 3. The van der Waals surface area contributed by atoms with Gasteiger partial charge in [0.15, 0.2) is 0 Å². The number of anilines is 1. The number of aromatic nitrogens is 2. The molecule has 4 rings (SSSR count). The number of hydrogen-bond acceptors (Lipinski definition) is 9. The number of carbonyl (C=O) groups is 3. The zero-order chi connectivity index (χ0) is 25.7. The number of halogens is 1. The van der Waals surface area contributed by atoms with Gasteiger partial charge in [-0.05, 0) is 68.4 Å². The lowest BCUT2D eigenvalue weighted by Gasteiger charge is -2.30. The Balaban J connectivity index is 1.34. The van der Waals surface area contributed by atoms with E-state index in [0.29, 0.717) is 54.9 Å². The zero-order valence-corrected chi connectivity index (χ0v) is 20.6. The summed E-state index contributed by atoms with van der Waals surface area (Å²) < 4.78 is 14.9. The van der Waals surface area contributed by atoms with Gasteiger partial charge in [0, 0.05) is 22.2 Å². The highest BCUT2D eigenvalue weighted by Gasteiger charge is 2.27. The maximum atomic E-state index is 12.9. The lowest BCUT2D eigenvalue weighted by Crippen LogP contribution is -2.37. The van der Waals surface area contributed by atoms with Gasteiger partial charge in [0.2, 0.25) is 17.6 Å². The number of likely N-dealkylation sites (tertiary alicyclic amines) is 1. The highest BCUT2D eigenvalue weighted by Crippen LogP contribution is 2.24. The summed E-state index contributed by atoms with van der Waals surface area (Å²) in [4.78, 5) is 43.5. The second-order valence-electron chi connectivity index (χ2n) is 8.34. The van der Waals surface area contributed by atoms with E-state index in [2.05, 4.69) is 20.4 Å². The van der Waals surface area contributed by atoms with Crippen molar-refractivity contribution < 1.29 is 28.4 Å². The van der Waals surface area contributed by atoms with E-state index in [0.717, 1.165) is 5.56 Å². The van der Waals surface area contributed by atoms with Crippen molar-refractivity contribution in [2.24, 2.45) is 5.92 Å². The molecule has 0 atom stereocenters. The minimum atomic E-state index is -0.621. The molecule has 2 aromatic carbocycles. The smallest absolute Gasteiger partial charge is 0.337 e. The van der Waals surface area contributed by atoms with Gasteiger partial charge in [-0.25, -0.2) is 9.59 Å². The minimum absolute atomic E-state index is 0.142. The average Bonchev–Trinajstić information content (AvgIpc) is 3.36. The highest BCUT2D eigenvalue weighted by molar-refractivity contribution is 6.30. The Morgan fingerprint density at radius 2 is 1.64 bits per heavy atom. The number of esters is 2. The third kappa shape index (κ3) is 6.07. The summed E-state index contributed by atoms with van der Waals surface area (Å²) in [5.41, 5.74) is 1.42. The van der Waals surface area contributed by atoms with Gasteiger partial charge in [0.25, 0.3) is 0 Å². The highest BCUT2D eigenvalue weighted by atomic mass is 35.5. The Bertz CT molecular complexity index is 1220. The van der Waals surface area contributed by atoms with Crippen molar-refractivity contribution in [1.29, 1.82) is 0 Å². The van der Waals surface area contributed by atoms with Crippen LogP contribution in [0.25, 0.3) is 11.4 Å². The molecule has 0 spiro atoms. The van der Waals surface area contributed by atoms with Crippen LogP contribution in [0.3, 0.4) is 0 Å². The first-order valence-corrected chi connectivity index (χ1v) is 11.7. The molecule has 0 aliphatic carbocycles. The first-order chi connectivity index (χ1) is 17.4. The summed E-state index contributed by atoms with van der Waals surface area (Å²) in [6, 6.07) is 11.5. The van der Waals surface area contributed by atoms with Crippen LogP contribution in [0.4, 0.5) is 5.69 Å². The molecule has 1 fully saturated rings. The molecule has 0 radical (unpaired) electrons. The first-order valence-electron chi connectivity index (χ1n) is 11.3. The fourth-order valence-electron chi connectivity index (χ4n) is 4.00. The van der Waals surface area contributed by atoms with Crippen LogP contribution in [-0.2, 0) is 20.8 Å². The largest absolute Gasteiger partial charge is 0.465 e. The molecular formula is C25H25ClN4O6. The molecule has 3 aromatic rings. The number of hydrogen-bond donors (Lipinski definition) is 1. The van der Waals surface area contributed by atoms with E-state index >= 15 is 0 Å². The maximum Gasteiger partial charge on any atom is 0.337 e. The summed E-state index contributed by atoms with van der Waals surface area (Å²) >= 11 is 5.93. The molecule has 0 unspecified atom stereocenters. The van der Waals surface area contributed by atoms with E-state index in [9.17, 15) is 14.4 Å². The number of rotatable bonds is 7. The van der Waals surface area contributed by atoms with Crippen molar-refractivity contribution in [3.05, 3.63) is 64.5 Å². The van der Waals surface area contributed by atoms with Gasteiger partial charge in [-0.1, -0.05) is 16.8 Å². The fraction of sp³-hybridized carbons (Fsp3) is 0.320. The van der Waals surface area contributed by atoms with E-state index in [1.165, 1.54) is 32.4 Å². The summed E-state index contributed by atoms with van der Waals surface area (Å²) in [6.45, 7) is 1.83. The Kier molecular flexibility index (Phi) is 7.97. The van der Waals surface area contributed by atoms with Gasteiger partial charge in [0.05, 0.1) is 31.9 Å². The monoisotopic (exact) mass is 512 g/mol. The van der Waals surface area contributed by atoms with Gasteiger partial charge in [-0.2, -0.15) is 4.98 Å². The molecule has 188 valence electrons. The molecule has 11 heteroatoms. The van der Waals surface area contributed by atoms with Crippen molar-refractivity contribution in [3.63, 3.8) is 0 Å². The number of benzene rings is 2. The van der Waals surface area contributed by atoms with Gasteiger partial charge < -0.3 is 19.3 Å². The Morgan fingerprint density at radius 3 is 2.22 bits per heavy atom. The number of methoxy groups -OCH3 is 2. The summed E-state index contributed by atoms with van der Waals surface area (Å²) in [5, 5.41) is 7.49. The zero-order valence-electron chi connectivity index (χ0n) is 19.8. The van der Waals surface area contributed by atoms with Crippen LogP contribution >= 0.6 is 11.6 Å². The SMILES string of the molecule is COC(=O)c1cc(NC(=O)C2CCN(Cc3nc(-c4ccc(Cl)cc4)no3)CC2)cc(C(=O)OC)c1. The first kappa shape index (κ1) is 25.3. The third-order valence-electron chi connectivity index (χ3n) is 5.93. The predicted octanol–water partition coefficient (Wildman–Crippen LogP) is 3.81. The van der Waals surface area contributed by atoms with Crippen LogP contribution < -0.4 is 5.32 Å². The number of amides is 1. The molecule has 1 aromatic heterocycles. The Hall–Kier alpha value is -3.76. The molecule has 1 aliphatic rings. The topological polar surface area (TPSA) is 124 Å². The van der Waals surface area contributed by atoms with E-state index in [-0.39, 0.29) is 23.0 Å². The van der Waals surface area contributed by atoms with Crippen molar-refractivity contribution in [2.75, 3.05) is 32.6 Å². The van der Waals surface area contributed by atoms with E-state index in [4.69, 9.17) is 25.6 Å². The molecule has 1 aliphatic heterocycles. The second kappa shape index (κ2) is 11.3. The molecule has 0 bridgehead atoms. The van der Waals surface area contributed by atoms with E-state index in [1.807, 2.05) is 12.1 Å². The van der Waals surface area contributed by atoms with Gasteiger partial charge >= 0.3 is 11.9 Å². The van der Waals surface area contributed by atoms with Crippen LogP contribution in [0.2, 0.25) is 5.02 Å². The van der Waals surface area contributed by atoms with Gasteiger partial charge in [0.1, 0.15) is 0 Å². The van der Waals surface area contributed by atoms with Crippen LogP contribution in [0, 0.1) is 5.92 Å². The molecule has 1 saturated heterocycles. The minimum Gasteiger partial charge on any atom is -0.465 e.